The molecule has 0 saturated carbocycles. The maximum Gasteiger partial charge on any atom is 0.321 e. The number of hydrogen-bond donors (Lipinski definition) is 2. The lowest BCUT2D eigenvalue weighted by Gasteiger charge is -2.13. The Morgan fingerprint density at radius 2 is 1.82 bits per heavy atom. The van der Waals surface area contributed by atoms with Gasteiger partial charge in [0.1, 0.15) is 5.03 Å². The van der Waals surface area contributed by atoms with Gasteiger partial charge in [-0.3, -0.25) is 10.1 Å². The second-order valence-electron chi connectivity index (χ2n) is 5.99. The van der Waals surface area contributed by atoms with Crippen molar-refractivity contribution in [2.45, 2.75) is 24.1 Å². The van der Waals surface area contributed by atoms with Crippen molar-refractivity contribution in [1.82, 2.24) is 20.6 Å². The fourth-order valence-corrected chi connectivity index (χ4v) is 3.71. The highest BCUT2D eigenvalue weighted by molar-refractivity contribution is 9.10. The van der Waals surface area contributed by atoms with Gasteiger partial charge in [0.25, 0.3) is 0 Å². The van der Waals surface area contributed by atoms with Crippen molar-refractivity contribution in [1.29, 1.82) is 0 Å². The number of aromatic nitrogens is 2. The van der Waals surface area contributed by atoms with Crippen LogP contribution in [0.2, 0.25) is 0 Å². The fraction of sp³-hybridized carbons (Fsp3) is 0.200. The van der Waals surface area contributed by atoms with Crippen LogP contribution >= 0.6 is 27.7 Å². The summed E-state index contributed by atoms with van der Waals surface area (Å²) in [5.41, 5.74) is 1.68. The monoisotopic (exact) mass is 458 g/mol. The van der Waals surface area contributed by atoms with Crippen molar-refractivity contribution in [2.24, 2.45) is 0 Å². The van der Waals surface area contributed by atoms with E-state index in [4.69, 9.17) is 4.98 Å². The molecule has 0 aliphatic heterocycles. The first-order chi connectivity index (χ1) is 13.5. The molecular weight excluding hydrogens is 440 g/mol. The van der Waals surface area contributed by atoms with E-state index in [0.29, 0.717) is 17.4 Å². The summed E-state index contributed by atoms with van der Waals surface area (Å²) in [5.74, 6) is 0.217. The van der Waals surface area contributed by atoms with E-state index in [9.17, 15) is 9.59 Å². The van der Waals surface area contributed by atoms with E-state index >= 15 is 0 Å². The molecule has 0 aliphatic rings. The molecule has 0 radical (unpaired) electrons. The molecule has 2 aromatic carbocycles. The summed E-state index contributed by atoms with van der Waals surface area (Å²) in [7, 11) is 0. The average molecular weight is 459 g/mol. The van der Waals surface area contributed by atoms with Gasteiger partial charge in [0, 0.05) is 22.0 Å². The number of hydrogen-bond acceptors (Lipinski definition) is 5. The van der Waals surface area contributed by atoms with E-state index in [1.165, 1.54) is 11.8 Å². The summed E-state index contributed by atoms with van der Waals surface area (Å²) in [4.78, 5) is 33.3. The van der Waals surface area contributed by atoms with E-state index in [1.54, 1.807) is 13.8 Å². The minimum Gasteiger partial charge on any atom is -0.338 e. The third-order valence-corrected chi connectivity index (χ3v) is 5.53. The summed E-state index contributed by atoms with van der Waals surface area (Å²) in [6.45, 7) is 3.99. The number of rotatable bonds is 5. The van der Waals surface area contributed by atoms with Crippen LogP contribution in [-0.4, -0.2) is 33.7 Å². The molecule has 2 N–H and O–H groups in total. The number of fused-ring (bicyclic) bond motifs is 1. The molecule has 1 heterocycles. The number of nitrogens with zero attached hydrogens (tertiary/aromatic N) is 2. The molecule has 3 amide bonds. The van der Waals surface area contributed by atoms with Crippen LogP contribution in [0.4, 0.5) is 4.79 Å². The highest BCUT2D eigenvalue weighted by Gasteiger charge is 2.20. The molecule has 6 nitrogen and oxygen atoms in total. The zero-order valence-corrected chi connectivity index (χ0v) is 17.8. The molecule has 0 bridgehead atoms. The zero-order chi connectivity index (χ0) is 20.1. The molecule has 144 valence electrons. The quantitative estimate of drug-likeness (QED) is 0.437. The van der Waals surface area contributed by atoms with Crippen LogP contribution < -0.4 is 10.6 Å². The van der Waals surface area contributed by atoms with Gasteiger partial charge in [-0.1, -0.05) is 58.0 Å². The van der Waals surface area contributed by atoms with E-state index in [0.717, 1.165) is 20.9 Å². The van der Waals surface area contributed by atoms with Gasteiger partial charge in [-0.05, 0) is 32.0 Å². The van der Waals surface area contributed by atoms with E-state index in [1.807, 2.05) is 48.5 Å². The number of carbonyl (C=O) groups excluding carboxylic acids is 2. The number of para-hydroxylation sites is 1. The van der Waals surface area contributed by atoms with Crippen molar-refractivity contribution >= 4 is 50.5 Å². The molecule has 1 aromatic heterocycles. The smallest absolute Gasteiger partial charge is 0.321 e. The number of halogens is 1. The highest BCUT2D eigenvalue weighted by atomic mass is 79.9. The minimum absolute atomic E-state index is 0.371. The van der Waals surface area contributed by atoms with Crippen LogP contribution in [0.3, 0.4) is 0 Å². The summed E-state index contributed by atoms with van der Waals surface area (Å²) < 4.78 is 0.974. The topological polar surface area (TPSA) is 84.0 Å². The highest BCUT2D eigenvalue weighted by Crippen LogP contribution is 2.31. The number of imide groups is 1. The Morgan fingerprint density at radius 3 is 2.54 bits per heavy atom. The van der Waals surface area contributed by atoms with Crippen LogP contribution in [0.15, 0.2) is 58.0 Å². The number of amides is 3. The number of thioether (sulfide) groups is 1. The number of benzene rings is 2. The van der Waals surface area contributed by atoms with Crippen molar-refractivity contribution < 1.29 is 9.59 Å². The molecule has 0 fully saturated rings. The van der Waals surface area contributed by atoms with Crippen molar-refractivity contribution in [3.05, 3.63) is 53.0 Å². The third-order valence-electron chi connectivity index (χ3n) is 3.90. The maximum absolute atomic E-state index is 12.3. The fourth-order valence-electron chi connectivity index (χ4n) is 2.50. The number of carbonyl (C=O) groups is 2. The lowest BCUT2D eigenvalue weighted by atomic mass is 10.2. The molecule has 1 atom stereocenters. The molecule has 3 aromatic rings. The second-order valence-corrected chi connectivity index (χ2v) is 8.23. The largest absolute Gasteiger partial charge is 0.338 e. The molecular formula is C20H19BrN4O2S. The molecule has 0 unspecified atom stereocenters. The predicted molar refractivity (Wildman–Crippen MR) is 115 cm³/mol. The Morgan fingerprint density at radius 1 is 1.11 bits per heavy atom. The first-order valence-corrected chi connectivity index (χ1v) is 10.4. The number of urea groups is 1. The first kappa shape index (κ1) is 20.3. The Balaban J connectivity index is 1.92. The van der Waals surface area contributed by atoms with E-state index < -0.39 is 11.3 Å². The summed E-state index contributed by atoms with van der Waals surface area (Å²) in [5, 5.41) is 5.96. The average Bonchev–Trinajstić information content (AvgIpc) is 2.68. The van der Waals surface area contributed by atoms with Crippen LogP contribution in [0.25, 0.3) is 22.3 Å². The normalized spacial score (nSPS) is 11.8. The van der Waals surface area contributed by atoms with Gasteiger partial charge in [0.05, 0.1) is 10.8 Å². The van der Waals surface area contributed by atoms with Crippen molar-refractivity contribution in [3.63, 3.8) is 0 Å². The lowest BCUT2D eigenvalue weighted by molar-refractivity contribution is -0.119. The van der Waals surface area contributed by atoms with Crippen LogP contribution in [0.1, 0.15) is 13.8 Å². The van der Waals surface area contributed by atoms with Crippen LogP contribution in [0.5, 0.6) is 0 Å². The van der Waals surface area contributed by atoms with Gasteiger partial charge in [-0.2, -0.15) is 0 Å². The zero-order valence-electron chi connectivity index (χ0n) is 15.4. The minimum atomic E-state index is -0.501. The lowest BCUT2D eigenvalue weighted by Crippen LogP contribution is -2.42. The SMILES string of the molecule is CCNC(=O)NC(=O)[C@@H](C)Sc1nc(-c2ccc(Br)cc2)nc2ccccc12. The molecule has 8 heteroatoms. The Bertz CT molecular complexity index is 1010. The Hall–Kier alpha value is -2.45. The molecule has 0 aliphatic carbocycles. The third kappa shape index (κ3) is 4.88. The van der Waals surface area contributed by atoms with Crippen molar-refractivity contribution in [2.75, 3.05) is 6.54 Å². The van der Waals surface area contributed by atoms with Crippen molar-refractivity contribution in [3.8, 4) is 11.4 Å². The van der Waals surface area contributed by atoms with Gasteiger partial charge in [-0.15, -0.1) is 0 Å². The van der Waals surface area contributed by atoms with Gasteiger partial charge in [0.15, 0.2) is 5.82 Å². The molecule has 0 spiro atoms. The molecule has 28 heavy (non-hydrogen) atoms. The van der Waals surface area contributed by atoms with E-state index in [-0.39, 0.29) is 5.91 Å². The summed E-state index contributed by atoms with van der Waals surface area (Å²) in [6, 6.07) is 14.9. The Kier molecular flexibility index (Phi) is 6.64. The van der Waals surface area contributed by atoms with Gasteiger partial charge >= 0.3 is 6.03 Å². The summed E-state index contributed by atoms with van der Waals surface area (Å²) >= 11 is 4.73. The standard InChI is InChI=1S/C20H19BrN4O2S/c1-3-22-20(27)25-18(26)12(2)28-19-15-6-4-5-7-16(15)23-17(24-19)13-8-10-14(21)11-9-13/h4-12H,3H2,1-2H3,(H2,22,25,26,27)/t12-/m1/s1. The molecule has 3 rings (SSSR count). The second kappa shape index (κ2) is 9.16. The Labute approximate surface area is 175 Å². The number of nitrogens with one attached hydrogen (secondary N) is 2. The predicted octanol–water partition coefficient (Wildman–Crippen LogP) is 4.39. The maximum atomic E-state index is 12.3. The van der Waals surface area contributed by atoms with Crippen LogP contribution in [-0.2, 0) is 4.79 Å². The van der Waals surface area contributed by atoms with Gasteiger partial charge < -0.3 is 5.32 Å². The van der Waals surface area contributed by atoms with Gasteiger partial charge in [0.2, 0.25) is 5.91 Å². The van der Waals surface area contributed by atoms with Gasteiger partial charge in [-0.25, -0.2) is 14.8 Å². The first-order valence-electron chi connectivity index (χ1n) is 8.76. The van der Waals surface area contributed by atoms with E-state index in [2.05, 4.69) is 31.5 Å². The molecule has 0 saturated heterocycles. The van der Waals surface area contributed by atoms with Crippen LogP contribution in [0, 0.1) is 0 Å². The summed E-state index contributed by atoms with van der Waals surface area (Å²) in [6.07, 6.45) is 0.